The van der Waals surface area contributed by atoms with Gasteiger partial charge in [-0.05, 0) is 36.5 Å². The van der Waals surface area contributed by atoms with Gasteiger partial charge in [-0.15, -0.1) is 0 Å². The monoisotopic (exact) mass is 192 g/mol. The Bertz CT molecular complexity index is 351. The molecule has 3 heteroatoms. The first-order valence-electron chi connectivity index (χ1n) is 4.93. The average Bonchev–Trinajstić information content (AvgIpc) is 2.20. The fourth-order valence-electron chi connectivity index (χ4n) is 2.06. The van der Waals surface area contributed by atoms with Gasteiger partial charge in [-0.3, -0.25) is 0 Å². The average molecular weight is 192 g/mol. The summed E-state index contributed by atoms with van der Waals surface area (Å²) in [5.41, 5.74) is 13.6. The Labute approximate surface area is 83.7 Å². The molecule has 0 spiro atoms. The van der Waals surface area contributed by atoms with Gasteiger partial charge >= 0.3 is 0 Å². The van der Waals surface area contributed by atoms with Crippen LogP contribution in [0, 0.1) is 0 Å². The van der Waals surface area contributed by atoms with E-state index in [-0.39, 0.29) is 5.54 Å². The fraction of sp³-hybridized carbons (Fsp3) is 0.455. The number of phenolic OH excluding ortho intramolecular Hbond substituents is 1. The maximum atomic E-state index is 9.69. The molecule has 0 aliphatic heterocycles. The van der Waals surface area contributed by atoms with Gasteiger partial charge in [0.15, 0.2) is 0 Å². The number of fused-ring (bicyclic) bond motifs is 1. The van der Waals surface area contributed by atoms with Crippen molar-refractivity contribution in [1.29, 1.82) is 0 Å². The van der Waals surface area contributed by atoms with Crippen molar-refractivity contribution in [2.24, 2.45) is 11.5 Å². The summed E-state index contributed by atoms with van der Waals surface area (Å²) in [6, 6.07) is 5.63. The van der Waals surface area contributed by atoms with Crippen LogP contribution >= 0.6 is 0 Å². The molecule has 1 aromatic carbocycles. The molecule has 0 saturated carbocycles. The zero-order valence-electron chi connectivity index (χ0n) is 8.16. The van der Waals surface area contributed by atoms with Crippen molar-refractivity contribution in [3.05, 3.63) is 29.3 Å². The van der Waals surface area contributed by atoms with Crippen molar-refractivity contribution >= 4 is 0 Å². The first-order valence-corrected chi connectivity index (χ1v) is 4.93. The van der Waals surface area contributed by atoms with Gasteiger partial charge in [-0.2, -0.15) is 0 Å². The number of benzene rings is 1. The lowest BCUT2D eigenvalue weighted by atomic mass is 9.78. The highest BCUT2D eigenvalue weighted by Gasteiger charge is 2.30. The second-order valence-corrected chi connectivity index (χ2v) is 4.16. The Hall–Kier alpha value is -1.06. The van der Waals surface area contributed by atoms with Gasteiger partial charge in [0.1, 0.15) is 5.75 Å². The van der Waals surface area contributed by atoms with Gasteiger partial charge in [-0.25, -0.2) is 0 Å². The molecular weight excluding hydrogens is 176 g/mol. The fourth-order valence-corrected chi connectivity index (χ4v) is 2.06. The predicted octanol–water partition coefficient (Wildman–Crippen LogP) is 0.537. The van der Waals surface area contributed by atoms with Gasteiger partial charge < -0.3 is 16.6 Å². The van der Waals surface area contributed by atoms with Crippen LogP contribution in [-0.2, 0) is 12.8 Å². The minimum absolute atomic E-state index is 0.328. The highest BCUT2D eigenvalue weighted by molar-refractivity contribution is 5.42. The summed E-state index contributed by atoms with van der Waals surface area (Å²) < 4.78 is 0. The van der Waals surface area contributed by atoms with Crippen LogP contribution in [0.2, 0.25) is 0 Å². The Morgan fingerprint density at radius 3 is 2.93 bits per heavy atom. The third kappa shape index (κ3) is 1.49. The molecule has 1 atom stereocenters. The molecule has 0 heterocycles. The third-order valence-corrected chi connectivity index (χ3v) is 3.08. The molecule has 1 aliphatic rings. The lowest BCUT2D eigenvalue weighted by molar-refractivity contribution is 0.368. The molecule has 0 fully saturated rings. The molecule has 0 saturated heterocycles. The van der Waals surface area contributed by atoms with Crippen LogP contribution in [0.1, 0.15) is 17.5 Å². The Morgan fingerprint density at radius 1 is 1.43 bits per heavy atom. The van der Waals surface area contributed by atoms with Crippen LogP contribution in [0.25, 0.3) is 0 Å². The molecule has 5 N–H and O–H groups in total. The number of hydrogen-bond donors (Lipinski definition) is 3. The van der Waals surface area contributed by atoms with Gasteiger partial charge in [0.2, 0.25) is 0 Å². The summed E-state index contributed by atoms with van der Waals surface area (Å²) in [4.78, 5) is 0. The molecule has 76 valence electrons. The summed E-state index contributed by atoms with van der Waals surface area (Å²) in [6.45, 7) is 0.473. The number of nitrogens with two attached hydrogens (primary N) is 2. The maximum Gasteiger partial charge on any atom is 0.119 e. The number of aryl methyl sites for hydroxylation is 1. The second-order valence-electron chi connectivity index (χ2n) is 4.16. The van der Waals surface area contributed by atoms with Crippen LogP contribution in [0.3, 0.4) is 0 Å². The maximum absolute atomic E-state index is 9.69. The number of rotatable bonds is 1. The topological polar surface area (TPSA) is 72.3 Å². The van der Waals surface area contributed by atoms with Crippen molar-refractivity contribution in [1.82, 2.24) is 0 Å². The van der Waals surface area contributed by atoms with E-state index in [0.717, 1.165) is 18.4 Å². The Kier molecular flexibility index (Phi) is 2.21. The first-order chi connectivity index (χ1) is 6.64. The van der Waals surface area contributed by atoms with E-state index in [0.29, 0.717) is 18.7 Å². The van der Waals surface area contributed by atoms with Gasteiger partial charge in [-0.1, -0.05) is 12.1 Å². The van der Waals surface area contributed by atoms with Gasteiger partial charge in [0, 0.05) is 12.1 Å². The van der Waals surface area contributed by atoms with E-state index in [9.17, 15) is 5.11 Å². The van der Waals surface area contributed by atoms with E-state index >= 15 is 0 Å². The summed E-state index contributed by atoms with van der Waals surface area (Å²) in [5, 5.41) is 9.69. The van der Waals surface area contributed by atoms with Crippen molar-refractivity contribution < 1.29 is 5.11 Å². The molecule has 1 aliphatic carbocycles. The van der Waals surface area contributed by atoms with Crippen LogP contribution in [0.4, 0.5) is 0 Å². The van der Waals surface area contributed by atoms with Crippen molar-refractivity contribution in [2.45, 2.75) is 24.8 Å². The lowest BCUT2D eigenvalue weighted by Gasteiger charge is -2.33. The standard InChI is InChI=1S/C11H16N2O/c12-7-11(13)5-4-8-2-1-3-10(14)9(8)6-11/h1-3,14H,4-7,12-13H2. The highest BCUT2D eigenvalue weighted by Crippen LogP contribution is 2.32. The first kappa shape index (κ1) is 9.49. The molecule has 1 aromatic rings. The summed E-state index contributed by atoms with van der Waals surface area (Å²) in [5.74, 6) is 0.352. The van der Waals surface area contributed by atoms with Crippen LogP contribution < -0.4 is 11.5 Å². The summed E-state index contributed by atoms with van der Waals surface area (Å²) >= 11 is 0. The van der Waals surface area contributed by atoms with E-state index in [1.54, 1.807) is 6.07 Å². The Morgan fingerprint density at radius 2 is 2.21 bits per heavy atom. The quantitative estimate of drug-likeness (QED) is 0.608. The predicted molar refractivity (Wildman–Crippen MR) is 56.1 cm³/mol. The smallest absolute Gasteiger partial charge is 0.119 e. The molecule has 2 rings (SSSR count). The molecule has 1 unspecified atom stereocenters. The van der Waals surface area contributed by atoms with Gasteiger partial charge in [0.05, 0.1) is 0 Å². The van der Waals surface area contributed by atoms with Crippen LogP contribution in [0.5, 0.6) is 5.75 Å². The Balaban J connectivity index is 2.38. The molecule has 0 bridgehead atoms. The van der Waals surface area contributed by atoms with Crippen molar-refractivity contribution in [3.63, 3.8) is 0 Å². The number of phenols is 1. The number of aromatic hydroxyl groups is 1. The lowest BCUT2D eigenvalue weighted by Crippen LogP contribution is -2.51. The molecule has 3 nitrogen and oxygen atoms in total. The second kappa shape index (κ2) is 3.26. The van der Waals surface area contributed by atoms with Crippen molar-refractivity contribution in [2.75, 3.05) is 6.54 Å². The molecule has 0 radical (unpaired) electrons. The molecule has 14 heavy (non-hydrogen) atoms. The van der Waals surface area contributed by atoms with Crippen molar-refractivity contribution in [3.8, 4) is 5.75 Å². The normalized spacial score (nSPS) is 25.9. The van der Waals surface area contributed by atoms with E-state index in [2.05, 4.69) is 0 Å². The molecule has 0 aromatic heterocycles. The largest absolute Gasteiger partial charge is 0.508 e. The van der Waals surface area contributed by atoms with E-state index in [4.69, 9.17) is 11.5 Å². The zero-order valence-corrected chi connectivity index (χ0v) is 8.16. The summed E-state index contributed by atoms with van der Waals surface area (Å²) in [6.07, 6.45) is 2.50. The van der Waals surface area contributed by atoms with Crippen LogP contribution in [0.15, 0.2) is 18.2 Å². The van der Waals surface area contributed by atoms with E-state index < -0.39 is 0 Å². The number of hydrogen-bond acceptors (Lipinski definition) is 3. The zero-order chi connectivity index (χ0) is 10.2. The van der Waals surface area contributed by atoms with Gasteiger partial charge in [0.25, 0.3) is 0 Å². The van der Waals surface area contributed by atoms with E-state index in [1.807, 2.05) is 12.1 Å². The molecular formula is C11H16N2O. The third-order valence-electron chi connectivity index (χ3n) is 3.08. The molecule has 0 amide bonds. The highest BCUT2D eigenvalue weighted by atomic mass is 16.3. The summed E-state index contributed by atoms with van der Waals surface area (Å²) in [7, 11) is 0. The van der Waals surface area contributed by atoms with E-state index in [1.165, 1.54) is 5.56 Å². The minimum Gasteiger partial charge on any atom is -0.508 e. The van der Waals surface area contributed by atoms with Crippen LogP contribution in [-0.4, -0.2) is 17.2 Å². The SMILES string of the molecule is NCC1(N)CCc2cccc(O)c2C1. The minimum atomic E-state index is -0.328.